The van der Waals surface area contributed by atoms with Crippen LogP contribution in [0.15, 0.2) is 64.5 Å². The van der Waals surface area contributed by atoms with Crippen LogP contribution in [-0.4, -0.2) is 26.6 Å². The average Bonchev–Trinajstić information content (AvgIpc) is 2.71. The summed E-state index contributed by atoms with van der Waals surface area (Å²) in [6, 6.07) is 10.0. The van der Waals surface area contributed by atoms with E-state index < -0.39 is 21.7 Å². The number of rotatable bonds is 9. The number of sulfone groups is 1. The molecule has 0 atom stereocenters. The number of nitrogens with two attached hydrogens (primary N) is 1. The number of hydrogen-bond donors (Lipinski definition) is 2. The summed E-state index contributed by atoms with van der Waals surface area (Å²) in [7, 11) is -3.57. The highest BCUT2D eigenvalue weighted by molar-refractivity contribution is 8.06. The van der Waals surface area contributed by atoms with Crippen molar-refractivity contribution in [1.82, 2.24) is 5.32 Å². The van der Waals surface area contributed by atoms with Gasteiger partial charge in [-0.25, -0.2) is 12.8 Å². The first-order chi connectivity index (χ1) is 15.0. The normalized spacial score (nSPS) is 11.5. The molecule has 0 aliphatic carbocycles. The third-order valence-electron chi connectivity index (χ3n) is 3.77. The predicted molar refractivity (Wildman–Crippen MR) is 120 cm³/mol. The molecular formula is C21H21FN2O6S2. The highest BCUT2D eigenvalue weighted by Gasteiger charge is 2.17. The number of halogens is 1. The van der Waals surface area contributed by atoms with Gasteiger partial charge < -0.3 is 20.5 Å². The third kappa shape index (κ3) is 7.75. The standard InChI is InChI=1S/C21H21FN2O6S2/c1-13(31-12-20(23)32(3,27)28)24-21(26)18-10-17(8-9-19(18)30-14(2)25)29-11-15-4-6-16(22)7-5-15/h4-10,12H,1,11,23H2,2-3H3,(H,24,26)/b20-12+. The van der Waals surface area contributed by atoms with Crippen LogP contribution in [0.5, 0.6) is 11.5 Å². The molecule has 0 unspecified atom stereocenters. The lowest BCUT2D eigenvalue weighted by molar-refractivity contribution is -0.131. The molecule has 3 N–H and O–H groups in total. The molecule has 170 valence electrons. The summed E-state index contributed by atoms with van der Waals surface area (Å²) < 4.78 is 46.4. The highest BCUT2D eigenvalue weighted by Crippen LogP contribution is 2.26. The fourth-order valence-electron chi connectivity index (χ4n) is 2.21. The van der Waals surface area contributed by atoms with Crippen molar-refractivity contribution < 1.29 is 31.9 Å². The van der Waals surface area contributed by atoms with Gasteiger partial charge in [-0.1, -0.05) is 30.5 Å². The number of thioether (sulfide) groups is 1. The molecule has 1 amide bonds. The van der Waals surface area contributed by atoms with E-state index in [1.165, 1.54) is 37.3 Å². The minimum Gasteiger partial charge on any atom is -0.489 e. The molecule has 0 aliphatic rings. The van der Waals surface area contributed by atoms with E-state index in [0.717, 1.165) is 23.4 Å². The molecule has 0 radical (unpaired) electrons. The van der Waals surface area contributed by atoms with E-state index >= 15 is 0 Å². The van der Waals surface area contributed by atoms with Gasteiger partial charge in [0.25, 0.3) is 5.91 Å². The first kappa shape index (κ1) is 25.0. The topological polar surface area (TPSA) is 125 Å². The summed E-state index contributed by atoms with van der Waals surface area (Å²) in [4.78, 5) is 24.1. The molecule has 0 aromatic heterocycles. The number of ether oxygens (including phenoxy) is 2. The van der Waals surface area contributed by atoms with Crippen LogP contribution in [0, 0.1) is 5.82 Å². The van der Waals surface area contributed by atoms with Crippen molar-refractivity contribution in [1.29, 1.82) is 0 Å². The minimum absolute atomic E-state index is 0.00637. The fourth-order valence-corrected chi connectivity index (χ4v) is 3.46. The first-order valence-electron chi connectivity index (χ1n) is 8.98. The zero-order valence-corrected chi connectivity index (χ0v) is 18.9. The number of esters is 1. The summed E-state index contributed by atoms with van der Waals surface area (Å²) >= 11 is 0.805. The number of carbonyl (C=O) groups is 2. The van der Waals surface area contributed by atoms with E-state index in [9.17, 15) is 22.4 Å². The monoisotopic (exact) mass is 480 g/mol. The van der Waals surface area contributed by atoms with Gasteiger partial charge in [0.15, 0.2) is 9.84 Å². The van der Waals surface area contributed by atoms with E-state index in [1.54, 1.807) is 12.1 Å². The number of carbonyl (C=O) groups excluding carboxylic acids is 2. The zero-order valence-electron chi connectivity index (χ0n) is 17.3. The molecular weight excluding hydrogens is 459 g/mol. The highest BCUT2D eigenvalue weighted by atomic mass is 32.2. The summed E-state index contributed by atoms with van der Waals surface area (Å²) in [6.07, 6.45) is 0.948. The van der Waals surface area contributed by atoms with Crippen molar-refractivity contribution in [3.05, 3.63) is 81.5 Å². The summed E-state index contributed by atoms with van der Waals surface area (Å²) in [6.45, 7) is 4.94. The average molecular weight is 481 g/mol. The van der Waals surface area contributed by atoms with Gasteiger partial charge in [-0.2, -0.15) is 0 Å². The summed E-state index contributed by atoms with van der Waals surface area (Å²) in [5.74, 6) is -1.37. The summed E-state index contributed by atoms with van der Waals surface area (Å²) in [5, 5.41) is 3.31. The Morgan fingerprint density at radius 1 is 1.22 bits per heavy atom. The molecule has 0 aliphatic heterocycles. The lowest BCUT2D eigenvalue weighted by Crippen LogP contribution is -2.22. The maximum absolute atomic E-state index is 13.0. The van der Waals surface area contributed by atoms with Gasteiger partial charge >= 0.3 is 5.97 Å². The quantitative estimate of drug-likeness (QED) is 0.414. The van der Waals surface area contributed by atoms with Crippen molar-refractivity contribution in [2.75, 3.05) is 6.26 Å². The van der Waals surface area contributed by atoms with Crippen LogP contribution in [-0.2, 0) is 21.2 Å². The molecule has 2 aromatic rings. The molecule has 0 bridgehead atoms. The van der Waals surface area contributed by atoms with Crippen LogP contribution in [0.25, 0.3) is 0 Å². The predicted octanol–water partition coefficient (Wildman–Crippen LogP) is 3.07. The van der Waals surface area contributed by atoms with Crippen LogP contribution in [0.4, 0.5) is 4.39 Å². The lowest BCUT2D eigenvalue weighted by Gasteiger charge is -2.13. The number of hydrogen-bond acceptors (Lipinski definition) is 8. The van der Waals surface area contributed by atoms with Crippen LogP contribution in [0.3, 0.4) is 0 Å². The SMILES string of the molecule is C=C(NC(=O)c1cc(OCc2ccc(F)cc2)ccc1OC(C)=O)S/C=C(\N)S(C)(=O)=O. The molecule has 0 saturated carbocycles. The molecule has 0 heterocycles. The maximum atomic E-state index is 13.0. The van der Waals surface area contributed by atoms with Crippen LogP contribution in [0.1, 0.15) is 22.8 Å². The van der Waals surface area contributed by atoms with E-state index in [-0.39, 0.29) is 33.8 Å². The number of benzene rings is 2. The van der Waals surface area contributed by atoms with Gasteiger partial charge in [0, 0.05) is 18.6 Å². The van der Waals surface area contributed by atoms with Gasteiger partial charge in [-0.05, 0) is 35.9 Å². The lowest BCUT2D eigenvalue weighted by atomic mass is 10.1. The zero-order chi connectivity index (χ0) is 23.9. The maximum Gasteiger partial charge on any atom is 0.308 e. The Bertz CT molecular complexity index is 1160. The molecule has 0 spiro atoms. The minimum atomic E-state index is -3.57. The fraction of sp³-hybridized carbons (Fsp3) is 0.143. The van der Waals surface area contributed by atoms with Crippen molar-refractivity contribution in [2.45, 2.75) is 13.5 Å². The molecule has 8 nitrogen and oxygen atoms in total. The second-order valence-corrected chi connectivity index (χ2v) is 9.43. The molecule has 0 fully saturated rings. The first-order valence-corrected chi connectivity index (χ1v) is 11.7. The molecule has 0 saturated heterocycles. The summed E-state index contributed by atoms with van der Waals surface area (Å²) in [5.41, 5.74) is 6.13. The Morgan fingerprint density at radius 2 is 1.88 bits per heavy atom. The molecule has 2 rings (SSSR count). The van der Waals surface area contributed by atoms with Crippen molar-refractivity contribution in [3.8, 4) is 11.5 Å². The number of nitrogens with one attached hydrogen (secondary N) is 1. The van der Waals surface area contributed by atoms with Crippen LogP contribution in [0.2, 0.25) is 0 Å². The Morgan fingerprint density at radius 3 is 2.47 bits per heavy atom. The van der Waals surface area contributed by atoms with Crippen LogP contribution >= 0.6 is 11.8 Å². The van der Waals surface area contributed by atoms with E-state index in [1.807, 2.05) is 0 Å². The van der Waals surface area contributed by atoms with E-state index in [2.05, 4.69) is 11.9 Å². The Kier molecular flexibility index (Phi) is 8.44. The van der Waals surface area contributed by atoms with Gasteiger partial charge in [0.2, 0.25) is 0 Å². The van der Waals surface area contributed by atoms with Crippen LogP contribution < -0.4 is 20.5 Å². The Labute approximate surface area is 189 Å². The second kappa shape index (κ2) is 10.8. The van der Waals surface area contributed by atoms with Crippen molar-refractivity contribution in [3.63, 3.8) is 0 Å². The van der Waals surface area contributed by atoms with Gasteiger partial charge in [0.05, 0.1) is 10.6 Å². The van der Waals surface area contributed by atoms with Crippen molar-refractivity contribution >= 4 is 33.5 Å². The van der Waals surface area contributed by atoms with E-state index in [4.69, 9.17) is 15.2 Å². The van der Waals surface area contributed by atoms with E-state index in [0.29, 0.717) is 11.3 Å². The van der Waals surface area contributed by atoms with Gasteiger partial charge in [0.1, 0.15) is 29.0 Å². The third-order valence-corrected chi connectivity index (χ3v) is 5.65. The largest absolute Gasteiger partial charge is 0.489 e. The molecule has 11 heteroatoms. The van der Waals surface area contributed by atoms with Crippen molar-refractivity contribution in [2.24, 2.45) is 5.73 Å². The smallest absolute Gasteiger partial charge is 0.308 e. The molecule has 32 heavy (non-hydrogen) atoms. The second-order valence-electron chi connectivity index (χ2n) is 6.45. The number of amides is 1. The Balaban J connectivity index is 2.17. The van der Waals surface area contributed by atoms with Gasteiger partial charge in [-0.15, -0.1) is 0 Å². The molecule has 2 aromatic carbocycles. The van der Waals surface area contributed by atoms with Gasteiger partial charge in [-0.3, -0.25) is 9.59 Å². The Hall–Kier alpha value is -3.31.